The summed E-state index contributed by atoms with van der Waals surface area (Å²) in [6.45, 7) is 2.54. The van der Waals surface area contributed by atoms with Gasteiger partial charge in [-0.05, 0) is 19.8 Å². The van der Waals surface area contributed by atoms with E-state index in [0.717, 1.165) is 25.0 Å². The number of aromatic nitrogens is 2. The molecule has 16 heavy (non-hydrogen) atoms. The summed E-state index contributed by atoms with van der Waals surface area (Å²) in [5.74, 6) is 2.51. The Morgan fingerprint density at radius 3 is 2.94 bits per heavy atom. The van der Waals surface area contributed by atoms with Gasteiger partial charge >= 0.3 is 0 Å². The molecule has 0 aliphatic carbocycles. The van der Waals surface area contributed by atoms with Crippen LogP contribution in [0.1, 0.15) is 35.3 Å². The Labute approximate surface area is 96.0 Å². The molecule has 0 saturated carbocycles. The summed E-state index contributed by atoms with van der Waals surface area (Å²) in [6, 6.07) is 0. The molecule has 1 heterocycles. The molecule has 0 fully saturated rings. The van der Waals surface area contributed by atoms with E-state index in [2.05, 4.69) is 16.3 Å². The average molecular weight is 219 g/mol. The van der Waals surface area contributed by atoms with Crippen molar-refractivity contribution in [3.8, 4) is 12.3 Å². The van der Waals surface area contributed by atoms with Crippen LogP contribution in [0.3, 0.4) is 0 Å². The Morgan fingerprint density at radius 1 is 1.62 bits per heavy atom. The second kappa shape index (κ2) is 5.96. The van der Waals surface area contributed by atoms with Gasteiger partial charge in [0.2, 0.25) is 0 Å². The molecule has 1 aromatic rings. The van der Waals surface area contributed by atoms with Gasteiger partial charge in [0.15, 0.2) is 0 Å². The van der Waals surface area contributed by atoms with Gasteiger partial charge in [-0.1, -0.05) is 0 Å². The third kappa shape index (κ3) is 3.13. The Bertz CT molecular complexity index is 401. The van der Waals surface area contributed by atoms with Gasteiger partial charge < -0.3 is 5.32 Å². The molecule has 1 aromatic heterocycles. The van der Waals surface area contributed by atoms with E-state index in [-0.39, 0.29) is 5.91 Å². The van der Waals surface area contributed by atoms with Crippen LogP contribution < -0.4 is 5.32 Å². The lowest BCUT2D eigenvalue weighted by Gasteiger charge is -2.03. The molecule has 4 heteroatoms. The molecule has 0 aliphatic rings. The lowest BCUT2D eigenvalue weighted by atomic mass is 10.2. The molecule has 1 N–H and O–H groups in total. The van der Waals surface area contributed by atoms with Gasteiger partial charge in [0, 0.05) is 25.7 Å². The third-order valence-electron chi connectivity index (χ3n) is 2.51. The summed E-state index contributed by atoms with van der Waals surface area (Å²) >= 11 is 0. The molecule has 0 unspecified atom stereocenters. The van der Waals surface area contributed by atoms with E-state index in [0.29, 0.717) is 12.1 Å². The number of unbranched alkanes of at least 4 members (excludes halogenated alkanes) is 2. The van der Waals surface area contributed by atoms with Crippen LogP contribution in [0.5, 0.6) is 0 Å². The number of carbonyl (C=O) groups excluding carboxylic acids is 1. The lowest BCUT2D eigenvalue weighted by Crippen LogP contribution is -2.24. The highest BCUT2D eigenvalue weighted by atomic mass is 16.1. The quantitative estimate of drug-likeness (QED) is 0.598. The maximum Gasteiger partial charge on any atom is 0.254 e. The molecule has 0 saturated heterocycles. The fraction of sp³-hybridized carbons (Fsp3) is 0.500. The van der Waals surface area contributed by atoms with Crippen molar-refractivity contribution >= 4 is 5.91 Å². The minimum absolute atomic E-state index is 0.0636. The largest absolute Gasteiger partial charge is 0.352 e. The number of carbonyl (C=O) groups is 1. The zero-order chi connectivity index (χ0) is 12.0. The second-order valence-electron chi connectivity index (χ2n) is 3.68. The van der Waals surface area contributed by atoms with Crippen molar-refractivity contribution in [1.82, 2.24) is 15.1 Å². The third-order valence-corrected chi connectivity index (χ3v) is 2.51. The predicted molar refractivity (Wildman–Crippen MR) is 63.0 cm³/mol. The van der Waals surface area contributed by atoms with Crippen LogP contribution in [-0.2, 0) is 7.05 Å². The molecule has 0 bridgehead atoms. The predicted octanol–water partition coefficient (Wildman–Crippen LogP) is 1.26. The Hall–Kier alpha value is -1.76. The highest BCUT2D eigenvalue weighted by Crippen LogP contribution is 2.05. The molecule has 1 rings (SSSR count). The van der Waals surface area contributed by atoms with Crippen molar-refractivity contribution in [2.75, 3.05) is 6.54 Å². The Balaban J connectivity index is 2.36. The van der Waals surface area contributed by atoms with Crippen LogP contribution in [0.25, 0.3) is 0 Å². The van der Waals surface area contributed by atoms with Crippen molar-refractivity contribution in [1.29, 1.82) is 0 Å². The van der Waals surface area contributed by atoms with Gasteiger partial charge in [0.25, 0.3) is 5.91 Å². The highest BCUT2D eigenvalue weighted by molar-refractivity contribution is 5.94. The van der Waals surface area contributed by atoms with Gasteiger partial charge in [0.05, 0.1) is 11.8 Å². The molecule has 0 radical (unpaired) electrons. The summed E-state index contributed by atoms with van der Waals surface area (Å²) in [4.78, 5) is 11.7. The van der Waals surface area contributed by atoms with E-state index in [1.54, 1.807) is 10.9 Å². The average Bonchev–Trinajstić information content (AvgIpc) is 2.59. The zero-order valence-electron chi connectivity index (χ0n) is 9.79. The molecular weight excluding hydrogens is 202 g/mol. The van der Waals surface area contributed by atoms with Crippen molar-refractivity contribution < 1.29 is 4.79 Å². The standard InChI is InChI=1S/C12H17N3O/c1-4-5-6-7-8-13-12(16)11-9-14-15(3)10(11)2/h1,9H,5-8H2,2-3H3,(H,13,16). The van der Waals surface area contributed by atoms with Crippen LogP contribution in [0.4, 0.5) is 0 Å². The minimum Gasteiger partial charge on any atom is -0.352 e. The fourth-order valence-corrected chi connectivity index (χ4v) is 1.37. The van der Waals surface area contributed by atoms with Gasteiger partial charge in [0.1, 0.15) is 0 Å². The summed E-state index contributed by atoms with van der Waals surface area (Å²) in [7, 11) is 1.82. The number of amides is 1. The number of hydrogen-bond donors (Lipinski definition) is 1. The summed E-state index contributed by atoms with van der Waals surface area (Å²) in [5.41, 5.74) is 1.51. The number of rotatable bonds is 5. The van der Waals surface area contributed by atoms with Gasteiger partial charge in [-0.25, -0.2) is 0 Å². The molecular formula is C12H17N3O. The fourth-order valence-electron chi connectivity index (χ4n) is 1.37. The zero-order valence-corrected chi connectivity index (χ0v) is 9.79. The summed E-state index contributed by atoms with van der Waals surface area (Å²) in [5, 5.41) is 6.88. The maximum absolute atomic E-state index is 11.7. The molecule has 0 spiro atoms. The molecule has 1 amide bonds. The first kappa shape index (κ1) is 12.3. The first-order chi connectivity index (χ1) is 7.66. The van der Waals surface area contributed by atoms with Crippen LogP contribution in [-0.4, -0.2) is 22.2 Å². The SMILES string of the molecule is C#CCCCCNC(=O)c1cnn(C)c1C. The Kier molecular flexibility index (Phi) is 4.59. The molecule has 4 nitrogen and oxygen atoms in total. The van der Waals surface area contributed by atoms with Crippen LogP contribution in [0, 0.1) is 19.3 Å². The van der Waals surface area contributed by atoms with E-state index in [1.165, 1.54) is 0 Å². The van der Waals surface area contributed by atoms with Crippen molar-refractivity contribution in [2.45, 2.75) is 26.2 Å². The van der Waals surface area contributed by atoms with Gasteiger partial charge in [-0.15, -0.1) is 12.3 Å². The topological polar surface area (TPSA) is 46.9 Å². The molecule has 0 aliphatic heterocycles. The van der Waals surface area contributed by atoms with Crippen LogP contribution in [0.15, 0.2) is 6.20 Å². The van der Waals surface area contributed by atoms with Crippen molar-refractivity contribution in [3.05, 3.63) is 17.5 Å². The monoisotopic (exact) mass is 219 g/mol. The minimum atomic E-state index is -0.0636. The second-order valence-corrected chi connectivity index (χ2v) is 3.68. The van der Waals surface area contributed by atoms with E-state index in [4.69, 9.17) is 6.42 Å². The number of hydrogen-bond acceptors (Lipinski definition) is 2. The lowest BCUT2D eigenvalue weighted by molar-refractivity contribution is 0.0952. The highest BCUT2D eigenvalue weighted by Gasteiger charge is 2.11. The maximum atomic E-state index is 11.7. The molecule has 0 aromatic carbocycles. The van der Waals surface area contributed by atoms with E-state index < -0.39 is 0 Å². The number of terminal acetylenes is 1. The Morgan fingerprint density at radius 2 is 2.38 bits per heavy atom. The van der Waals surface area contributed by atoms with Crippen molar-refractivity contribution in [3.63, 3.8) is 0 Å². The smallest absolute Gasteiger partial charge is 0.254 e. The summed E-state index contributed by atoms with van der Waals surface area (Å²) in [6.07, 6.45) is 9.35. The first-order valence-electron chi connectivity index (χ1n) is 5.37. The van der Waals surface area contributed by atoms with Gasteiger partial charge in [-0.2, -0.15) is 5.10 Å². The van der Waals surface area contributed by atoms with Crippen molar-refractivity contribution in [2.24, 2.45) is 7.05 Å². The number of nitrogens with zero attached hydrogens (tertiary/aromatic N) is 2. The first-order valence-corrected chi connectivity index (χ1v) is 5.37. The van der Waals surface area contributed by atoms with E-state index >= 15 is 0 Å². The van der Waals surface area contributed by atoms with E-state index in [9.17, 15) is 4.79 Å². The number of nitrogens with one attached hydrogen (secondary N) is 1. The number of aryl methyl sites for hydroxylation is 1. The normalized spacial score (nSPS) is 9.81. The van der Waals surface area contributed by atoms with Crippen LogP contribution in [0.2, 0.25) is 0 Å². The van der Waals surface area contributed by atoms with Crippen LogP contribution >= 0.6 is 0 Å². The van der Waals surface area contributed by atoms with E-state index in [1.807, 2.05) is 14.0 Å². The summed E-state index contributed by atoms with van der Waals surface area (Å²) < 4.78 is 1.69. The molecule has 86 valence electrons. The van der Waals surface area contributed by atoms with Gasteiger partial charge in [-0.3, -0.25) is 9.48 Å². The molecule has 0 atom stereocenters.